The molecular formula is C26H42N2O6. The zero-order valence-electron chi connectivity index (χ0n) is 21.2. The quantitative estimate of drug-likeness (QED) is 0.248. The summed E-state index contributed by atoms with van der Waals surface area (Å²) >= 11 is 0. The van der Waals surface area contributed by atoms with Crippen LogP contribution in [0.2, 0.25) is 0 Å². The van der Waals surface area contributed by atoms with Crippen molar-refractivity contribution in [1.82, 2.24) is 9.80 Å². The first-order valence-corrected chi connectivity index (χ1v) is 13.0. The number of hydrogen-bond acceptors (Lipinski definition) is 6. The second kappa shape index (κ2) is 11.2. The van der Waals surface area contributed by atoms with Crippen LogP contribution in [-0.4, -0.2) is 82.8 Å². The molecule has 3 rings (SSSR count). The SMILES string of the molecule is C=CCN(CCCCC)C(=O)[C@@H]1N([C@@H](CO)[C@@H](C)CC)C(=O)[C@H]2[C@H](C(=O)OCC)[C@@H]3CC[C@]12O3. The van der Waals surface area contributed by atoms with Crippen molar-refractivity contribution >= 4 is 17.8 Å². The summed E-state index contributed by atoms with van der Waals surface area (Å²) in [6.45, 7) is 12.6. The van der Waals surface area contributed by atoms with Crippen molar-refractivity contribution in [2.45, 2.75) is 90.0 Å². The molecule has 0 radical (unpaired) electrons. The van der Waals surface area contributed by atoms with Gasteiger partial charge in [-0.3, -0.25) is 14.4 Å². The smallest absolute Gasteiger partial charge is 0.312 e. The molecule has 0 aromatic heterocycles. The van der Waals surface area contributed by atoms with Gasteiger partial charge >= 0.3 is 5.97 Å². The minimum Gasteiger partial charge on any atom is -0.466 e. The molecule has 3 heterocycles. The number of unbranched alkanes of at least 4 members (excludes halogenated alkanes) is 2. The molecule has 3 aliphatic rings. The fourth-order valence-electron chi connectivity index (χ4n) is 6.22. The number of rotatable bonds is 13. The largest absolute Gasteiger partial charge is 0.466 e. The van der Waals surface area contributed by atoms with Gasteiger partial charge in [0.15, 0.2) is 0 Å². The molecule has 192 valence electrons. The van der Waals surface area contributed by atoms with Crippen molar-refractivity contribution < 1.29 is 29.0 Å². The number of amides is 2. The Hall–Kier alpha value is -1.93. The van der Waals surface area contributed by atoms with E-state index in [2.05, 4.69) is 13.5 Å². The van der Waals surface area contributed by atoms with Gasteiger partial charge in [0.1, 0.15) is 11.6 Å². The highest BCUT2D eigenvalue weighted by Crippen LogP contribution is 2.59. The molecule has 0 saturated carbocycles. The molecule has 3 saturated heterocycles. The number of esters is 1. The lowest BCUT2D eigenvalue weighted by Crippen LogP contribution is -2.59. The van der Waals surface area contributed by atoms with E-state index >= 15 is 0 Å². The standard InChI is InChI=1S/C26H42N2O6/c1-6-10-11-15-27(14-7-2)24(31)22-26-13-12-19(34-26)20(25(32)33-9-4)21(26)23(30)28(22)18(16-29)17(5)8-3/h7,17-22,29H,2,6,8-16H2,1,3-5H3/t17-,18-,19-,20+,21+,22-,26+/m0/s1. The maximum absolute atomic E-state index is 14.2. The van der Waals surface area contributed by atoms with Gasteiger partial charge in [-0.15, -0.1) is 6.58 Å². The normalized spacial score (nSPS) is 31.3. The monoisotopic (exact) mass is 478 g/mol. The van der Waals surface area contributed by atoms with Crippen LogP contribution in [-0.2, 0) is 23.9 Å². The van der Waals surface area contributed by atoms with Crippen LogP contribution in [0.15, 0.2) is 12.7 Å². The third-order valence-electron chi connectivity index (χ3n) is 8.07. The first-order chi connectivity index (χ1) is 16.3. The van der Waals surface area contributed by atoms with E-state index < -0.39 is 41.6 Å². The number of hydrogen-bond donors (Lipinski definition) is 1. The van der Waals surface area contributed by atoms with E-state index in [1.807, 2.05) is 13.8 Å². The summed E-state index contributed by atoms with van der Waals surface area (Å²) in [5, 5.41) is 10.3. The zero-order valence-corrected chi connectivity index (χ0v) is 21.2. The third-order valence-corrected chi connectivity index (χ3v) is 8.07. The number of ether oxygens (including phenoxy) is 2. The summed E-state index contributed by atoms with van der Waals surface area (Å²) < 4.78 is 11.8. The van der Waals surface area contributed by atoms with Crippen LogP contribution in [0.4, 0.5) is 0 Å². The number of carbonyl (C=O) groups excluding carboxylic acids is 3. The maximum atomic E-state index is 14.2. The van der Waals surface area contributed by atoms with Crippen molar-refractivity contribution in [1.29, 1.82) is 0 Å². The molecule has 1 spiro atoms. The number of carbonyl (C=O) groups is 3. The van der Waals surface area contributed by atoms with Crippen molar-refractivity contribution in [3.8, 4) is 0 Å². The second-order valence-electron chi connectivity index (χ2n) is 9.97. The fourth-order valence-corrected chi connectivity index (χ4v) is 6.22. The first-order valence-electron chi connectivity index (χ1n) is 13.0. The molecule has 0 aliphatic carbocycles. The molecular weight excluding hydrogens is 436 g/mol. The molecule has 34 heavy (non-hydrogen) atoms. The maximum Gasteiger partial charge on any atom is 0.312 e. The Morgan fingerprint density at radius 2 is 2.09 bits per heavy atom. The molecule has 3 fully saturated rings. The molecule has 2 bridgehead atoms. The van der Waals surface area contributed by atoms with Gasteiger partial charge in [-0.2, -0.15) is 0 Å². The minimum absolute atomic E-state index is 0.0225. The van der Waals surface area contributed by atoms with Gasteiger partial charge in [0.25, 0.3) is 0 Å². The topological polar surface area (TPSA) is 96.4 Å². The first kappa shape index (κ1) is 26.7. The number of aliphatic hydroxyl groups is 1. The van der Waals surface area contributed by atoms with E-state index in [0.717, 1.165) is 25.7 Å². The van der Waals surface area contributed by atoms with E-state index in [9.17, 15) is 19.5 Å². The summed E-state index contributed by atoms with van der Waals surface area (Å²) in [6.07, 6.45) is 6.05. The second-order valence-corrected chi connectivity index (χ2v) is 9.97. The minimum atomic E-state index is -1.07. The molecule has 3 aliphatic heterocycles. The Labute approximate surface area is 203 Å². The Balaban J connectivity index is 2.06. The molecule has 8 nitrogen and oxygen atoms in total. The molecule has 2 amide bonds. The summed E-state index contributed by atoms with van der Waals surface area (Å²) in [5.74, 6) is -2.39. The average Bonchev–Trinajstić information content (AvgIpc) is 3.46. The van der Waals surface area contributed by atoms with Crippen molar-refractivity contribution in [3.05, 3.63) is 12.7 Å². The van der Waals surface area contributed by atoms with Gasteiger partial charge in [-0.1, -0.05) is 46.1 Å². The van der Waals surface area contributed by atoms with E-state index in [1.165, 1.54) is 0 Å². The van der Waals surface area contributed by atoms with Gasteiger partial charge in [0, 0.05) is 13.1 Å². The van der Waals surface area contributed by atoms with Crippen LogP contribution in [0.5, 0.6) is 0 Å². The molecule has 0 aromatic rings. The highest BCUT2D eigenvalue weighted by Gasteiger charge is 2.75. The summed E-state index contributed by atoms with van der Waals surface area (Å²) in [4.78, 5) is 44.4. The average molecular weight is 479 g/mol. The van der Waals surface area contributed by atoms with Crippen molar-refractivity contribution in [2.75, 3.05) is 26.3 Å². The van der Waals surface area contributed by atoms with Crippen LogP contribution < -0.4 is 0 Å². The van der Waals surface area contributed by atoms with Gasteiger partial charge in [-0.25, -0.2) is 0 Å². The highest BCUT2D eigenvalue weighted by atomic mass is 16.6. The fraction of sp³-hybridized carbons (Fsp3) is 0.808. The number of likely N-dealkylation sites (tertiary alicyclic amines) is 1. The molecule has 0 unspecified atom stereocenters. The number of fused-ring (bicyclic) bond motifs is 1. The molecule has 8 heteroatoms. The number of aliphatic hydroxyl groups excluding tert-OH is 1. The van der Waals surface area contributed by atoms with Crippen LogP contribution in [0.3, 0.4) is 0 Å². The summed E-state index contributed by atoms with van der Waals surface area (Å²) in [5.41, 5.74) is -1.07. The Bertz CT molecular complexity index is 772. The van der Waals surface area contributed by atoms with Crippen molar-refractivity contribution in [3.63, 3.8) is 0 Å². The zero-order chi connectivity index (χ0) is 25.0. The Morgan fingerprint density at radius 3 is 2.68 bits per heavy atom. The van der Waals surface area contributed by atoms with Crippen LogP contribution >= 0.6 is 0 Å². The van der Waals surface area contributed by atoms with Crippen LogP contribution in [0.1, 0.15) is 66.2 Å². The lowest BCUT2D eigenvalue weighted by molar-refractivity contribution is -0.157. The molecule has 0 aromatic carbocycles. The van der Waals surface area contributed by atoms with Gasteiger partial charge in [0.05, 0.1) is 37.2 Å². The van der Waals surface area contributed by atoms with Gasteiger partial charge < -0.3 is 24.4 Å². The summed E-state index contributed by atoms with van der Waals surface area (Å²) in [7, 11) is 0. The lowest BCUT2D eigenvalue weighted by Gasteiger charge is -2.41. The van der Waals surface area contributed by atoms with Gasteiger partial charge in [-0.05, 0) is 32.1 Å². The van der Waals surface area contributed by atoms with E-state index in [0.29, 0.717) is 25.9 Å². The summed E-state index contributed by atoms with van der Waals surface area (Å²) in [6, 6.07) is -1.40. The predicted octanol–water partition coefficient (Wildman–Crippen LogP) is 2.54. The van der Waals surface area contributed by atoms with Crippen LogP contribution in [0.25, 0.3) is 0 Å². The molecule has 1 N–H and O–H groups in total. The molecule has 7 atom stereocenters. The predicted molar refractivity (Wildman–Crippen MR) is 128 cm³/mol. The van der Waals surface area contributed by atoms with E-state index in [1.54, 1.807) is 22.8 Å². The number of nitrogens with zero attached hydrogens (tertiary/aromatic N) is 2. The Kier molecular flexibility index (Phi) is 8.79. The van der Waals surface area contributed by atoms with Crippen molar-refractivity contribution in [2.24, 2.45) is 17.8 Å². The third kappa shape index (κ3) is 4.39. The van der Waals surface area contributed by atoms with E-state index in [-0.39, 0.29) is 30.9 Å². The lowest BCUT2D eigenvalue weighted by atomic mass is 9.70. The Morgan fingerprint density at radius 1 is 1.35 bits per heavy atom. The highest BCUT2D eigenvalue weighted by molar-refractivity contribution is 5.98. The van der Waals surface area contributed by atoms with E-state index in [4.69, 9.17) is 9.47 Å². The van der Waals surface area contributed by atoms with Crippen LogP contribution in [0, 0.1) is 17.8 Å². The van der Waals surface area contributed by atoms with Gasteiger partial charge in [0.2, 0.25) is 11.8 Å².